The zero-order chi connectivity index (χ0) is 11.1. The van der Waals surface area contributed by atoms with E-state index >= 15 is 0 Å². The second-order valence-electron chi connectivity index (χ2n) is 4.49. The quantitative estimate of drug-likeness (QED) is 0.780. The van der Waals surface area contributed by atoms with E-state index in [2.05, 4.69) is 4.98 Å². The van der Waals surface area contributed by atoms with Crippen LogP contribution in [-0.4, -0.2) is 15.7 Å². The molecule has 0 spiro atoms. The van der Waals surface area contributed by atoms with Gasteiger partial charge in [-0.2, -0.15) is 0 Å². The molecular weight excluding hydrogens is 193 g/mol. The number of benzene rings is 1. The van der Waals surface area contributed by atoms with Crippen molar-refractivity contribution in [3.05, 3.63) is 35.8 Å². The Morgan fingerprint density at radius 1 is 1.40 bits per heavy atom. The third-order valence-electron chi connectivity index (χ3n) is 2.35. The lowest BCUT2D eigenvalue weighted by Crippen LogP contribution is -2.21. The molecule has 2 rings (SSSR count). The summed E-state index contributed by atoms with van der Waals surface area (Å²) in [6.45, 7) is 3.52. The smallest absolute Gasteiger partial charge is 0.125 e. The van der Waals surface area contributed by atoms with Crippen molar-refractivity contribution in [3.63, 3.8) is 0 Å². The van der Waals surface area contributed by atoms with Crippen molar-refractivity contribution in [3.8, 4) is 0 Å². The molecule has 0 saturated carbocycles. The monoisotopic (exact) mass is 207 g/mol. The number of hydrogen-bond donors (Lipinski definition) is 2. The fourth-order valence-corrected chi connectivity index (χ4v) is 1.77. The van der Waals surface area contributed by atoms with Crippen LogP contribution in [0.2, 0.25) is 0 Å². The molecule has 1 aromatic carbocycles. The Kier molecular flexibility index (Phi) is 2.27. The number of hydrogen-bond acceptors (Lipinski definition) is 1. The van der Waals surface area contributed by atoms with Crippen LogP contribution in [0.3, 0.4) is 0 Å². The van der Waals surface area contributed by atoms with E-state index in [9.17, 15) is 9.50 Å². The number of H-pyrrole nitrogens is 1. The van der Waals surface area contributed by atoms with Crippen molar-refractivity contribution < 1.29 is 9.50 Å². The van der Waals surface area contributed by atoms with Gasteiger partial charge in [0, 0.05) is 23.5 Å². The Bertz CT molecular complexity index is 482. The van der Waals surface area contributed by atoms with Crippen LogP contribution in [0.1, 0.15) is 19.4 Å². The molecule has 0 atom stereocenters. The van der Waals surface area contributed by atoms with Gasteiger partial charge in [0.25, 0.3) is 0 Å². The van der Waals surface area contributed by atoms with Gasteiger partial charge in [-0.1, -0.05) is 0 Å². The maximum atomic E-state index is 12.9. The summed E-state index contributed by atoms with van der Waals surface area (Å²) in [5.41, 5.74) is 1.04. The van der Waals surface area contributed by atoms with Gasteiger partial charge in [0.15, 0.2) is 0 Å². The molecule has 0 fully saturated rings. The molecule has 0 amide bonds. The molecule has 2 nitrogen and oxygen atoms in total. The highest BCUT2D eigenvalue weighted by Gasteiger charge is 2.16. The second-order valence-corrected chi connectivity index (χ2v) is 4.49. The minimum absolute atomic E-state index is 0.251. The van der Waals surface area contributed by atoms with Gasteiger partial charge in [0.1, 0.15) is 5.82 Å². The SMILES string of the molecule is CC(C)(O)Cc1c[nH]c2cc(F)ccc12. The standard InChI is InChI=1S/C12H14FNO/c1-12(2,15)6-8-7-14-11-5-9(13)3-4-10(8)11/h3-5,7,14-15H,6H2,1-2H3. The predicted molar refractivity (Wildman–Crippen MR) is 58.3 cm³/mol. The van der Waals surface area contributed by atoms with E-state index in [-0.39, 0.29) is 5.82 Å². The summed E-state index contributed by atoms with van der Waals surface area (Å²) in [4.78, 5) is 3.00. The number of halogens is 1. The number of aliphatic hydroxyl groups is 1. The Morgan fingerprint density at radius 2 is 2.13 bits per heavy atom. The van der Waals surface area contributed by atoms with Crippen LogP contribution in [0.25, 0.3) is 10.9 Å². The minimum Gasteiger partial charge on any atom is -0.390 e. The third-order valence-corrected chi connectivity index (χ3v) is 2.35. The zero-order valence-electron chi connectivity index (χ0n) is 8.84. The zero-order valence-corrected chi connectivity index (χ0v) is 8.84. The first-order valence-corrected chi connectivity index (χ1v) is 4.94. The largest absolute Gasteiger partial charge is 0.390 e. The van der Waals surface area contributed by atoms with Crippen molar-refractivity contribution in [2.75, 3.05) is 0 Å². The number of aromatic amines is 1. The molecule has 0 saturated heterocycles. The molecule has 2 aromatic rings. The lowest BCUT2D eigenvalue weighted by molar-refractivity contribution is 0.0813. The van der Waals surface area contributed by atoms with Crippen molar-refractivity contribution >= 4 is 10.9 Å². The maximum Gasteiger partial charge on any atom is 0.125 e. The van der Waals surface area contributed by atoms with E-state index in [0.717, 1.165) is 16.5 Å². The van der Waals surface area contributed by atoms with Crippen LogP contribution >= 0.6 is 0 Å². The molecule has 2 N–H and O–H groups in total. The predicted octanol–water partition coefficient (Wildman–Crippen LogP) is 2.62. The molecule has 0 radical (unpaired) electrons. The number of fused-ring (bicyclic) bond motifs is 1. The van der Waals surface area contributed by atoms with E-state index in [4.69, 9.17) is 0 Å². The van der Waals surface area contributed by atoms with Crippen LogP contribution in [-0.2, 0) is 6.42 Å². The van der Waals surface area contributed by atoms with Crippen molar-refractivity contribution in [2.24, 2.45) is 0 Å². The Labute approximate surface area is 87.7 Å². The highest BCUT2D eigenvalue weighted by molar-refractivity contribution is 5.83. The molecule has 1 heterocycles. The van der Waals surface area contributed by atoms with Crippen LogP contribution in [0, 0.1) is 5.82 Å². The van der Waals surface area contributed by atoms with Gasteiger partial charge < -0.3 is 10.1 Å². The molecule has 0 unspecified atom stereocenters. The Balaban J connectivity index is 2.45. The van der Waals surface area contributed by atoms with Gasteiger partial charge >= 0.3 is 0 Å². The summed E-state index contributed by atoms with van der Waals surface area (Å²) >= 11 is 0. The average molecular weight is 207 g/mol. The van der Waals surface area contributed by atoms with Gasteiger partial charge in [-0.25, -0.2) is 4.39 Å². The van der Waals surface area contributed by atoms with Gasteiger partial charge in [0.2, 0.25) is 0 Å². The van der Waals surface area contributed by atoms with Gasteiger partial charge in [0.05, 0.1) is 5.60 Å². The summed E-state index contributed by atoms with van der Waals surface area (Å²) in [5.74, 6) is -0.251. The lowest BCUT2D eigenvalue weighted by atomic mass is 9.98. The van der Waals surface area contributed by atoms with Crippen molar-refractivity contribution in [1.82, 2.24) is 4.98 Å². The van der Waals surface area contributed by atoms with Gasteiger partial charge in [-0.05, 0) is 37.6 Å². The first kappa shape index (κ1) is 10.2. The summed E-state index contributed by atoms with van der Waals surface area (Å²) in [5, 5.41) is 10.7. The molecule has 3 heteroatoms. The topological polar surface area (TPSA) is 36.0 Å². The molecule has 15 heavy (non-hydrogen) atoms. The second kappa shape index (κ2) is 3.35. The number of nitrogens with one attached hydrogen (secondary N) is 1. The van der Waals surface area contributed by atoms with E-state index in [1.54, 1.807) is 19.9 Å². The fourth-order valence-electron chi connectivity index (χ4n) is 1.77. The number of rotatable bonds is 2. The van der Waals surface area contributed by atoms with Crippen LogP contribution < -0.4 is 0 Å². The molecule has 0 aliphatic carbocycles. The molecular formula is C12H14FNO. The van der Waals surface area contributed by atoms with E-state index in [0.29, 0.717) is 6.42 Å². The summed E-state index contributed by atoms with van der Waals surface area (Å²) in [7, 11) is 0. The minimum atomic E-state index is -0.747. The highest BCUT2D eigenvalue weighted by atomic mass is 19.1. The van der Waals surface area contributed by atoms with Crippen LogP contribution in [0.4, 0.5) is 4.39 Å². The molecule has 0 bridgehead atoms. The van der Waals surface area contributed by atoms with Crippen LogP contribution in [0.5, 0.6) is 0 Å². The maximum absolute atomic E-state index is 12.9. The molecule has 0 aliphatic rings. The molecule has 0 aliphatic heterocycles. The molecule has 80 valence electrons. The third kappa shape index (κ3) is 2.18. The normalized spacial score (nSPS) is 12.3. The Hall–Kier alpha value is -1.35. The van der Waals surface area contributed by atoms with Gasteiger partial charge in [-0.3, -0.25) is 0 Å². The van der Waals surface area contributed by atoms with Crippen molar-refractivity contribution in [2.45, 2.75) is 25.9 Å². The highest BCUT2D eigenvalue weighted by Crippen LogP contribution is 2.22. The Morgan fingerprint density at radius 3 is 2.80 bits per heavy atom. The summed E-state index contributed by atoms with van der Waals surface area (Å²) in [6, 6.07) is 4.63. The molecule has 1 aromatic heterocycles. The number of aromatic nitrogens is 1. The average Bonchev–Trinajstić information content (AvgIpc) is 2.45. The van der Waals surface area contributed by atoms with Gasteiger partial charge in [-0.15, -0.1) is 0 Å². The first-order valence-electron chi connectivity index (χ1n) is 4.94. The first-order chi connectivity index (χ1) is 6.96. The fraction of sp³-hybridized carbons (Fsp3) is 0.333. The van der Waals surface area contributed by atoms with Crippen molar-refractivity contribution in [1.29, 1.82) is 0 Å². The van der Waals surface area contributed by atoms with E-state index in [1.807, 2.05) is 6.20 Å². The lowest BCUT2D eigenvalue weighted by Gasteiger charge is -2.15. The van der Waals surface area contributed by atoms with E-state index < -0.39 is 5.60 Å². The summed E-state index contributed by atoms with van der Waals surface area (Å²) < 4.78 is 12.9. The summed E-state index contributed by atoms with van der Waals surface area (Å²) in [6.07, 6.45) is 2.38. The van der Waals surface area contributed by atoms with Crippen LogP contribution in [0.15, 0.2) is 24.4 Å². The van der Waals surface area contributed by atoms with E-state index in [1.165, 1.54) is 12.1 Å².